The number of nitrogens with zero attached hydrogens (tertiary/aromatic N) is 5. The zero-order valence-electron chi connectivity index (χ0n) is 18.0. The van der Waals surface area contributed by atoms with E-state index in [4.69, 9.17) is 4.98 Å². The molecule has 3 aromatic rings. The SMILES string of the molecule is Cc1nn(C)c2nc(C3CC3)cc(C(=O)N3CCN(Cc4ccccc4)CC3C)c12. The smallest absolute Gasteiger partial charge is 0.255 e. The summed E-state index contributed by atoms with van der Waals surface area (Å²) in [6.45, 7) is 7.58. The maximum Gasteiger partial charge on any atom is 0.255 e. The number of amides is 1. The molecule has 6 nitrogen and oxygen atoms in total. The summed E-state index contributed by atoms with van der Waals surface area (Å²) < 4.78 is 1.81. The van der Waals surface area contributed by atoms with Crippen molar-refractivity contribution in [3.63, 3.8) is 0 Å². The van der Waals surface area contributed by atoms with Crippen molar-refractivity contribution in [1.82, 2.24) is 24.6 Å². The van der Waals surface area contributed by atoms with Gasteiger partial charge in [-0.15, -0.1) is 0 Å². The molecule has 0 spiro atoms. The minimum absolute atomic E-state index is 0.118. The van der Waals surface area contributed by atoms with Crippen LogP contribution in [-0.2, 0) is 13.6 Å². The Kier molecular flexibility index (Phi) is 4.82. The molecule has 1 atom stereocenters. The van der Waals surface area contributed by atoms with Gasteiger partial charge < -0.3 is 4.90 Å². The van der Waals surface area contributed by atoms with Crippen molar-refractivity contribution in [2.75, 3.05) is 19.6 Å². The fourth-order valence-electron chi connectivity index (χ4n) is 4.70. The number of benzene rings is 1. The van der Waals surface area contributed by atoms with Gasteiger partial charge in [0.1, 0.15) is 0 Å². The standard InChI is InChI=1S/C24H29N5O/c1-16-14-28(15-18-7-5-4-6-8-18)11-12-29(16)24(30)20-13-21(19-9-10-19)25-23-22(20)17(2)26-27(23)3/h4-8,13,16,19H,9-12,14-15H2,1-3H3. The molecule has 1 amide bonds. The third kappa shape index (κ3) is 3.49. The number of fused-ring (bicyclic) bond motifs is 1. The summed E-state index contributed by atoms with van der Waals surface area (Å²) in [6.07, 6.45) is 2.33. The maximum atomic E-state index is 13.7. The molecular weight excluding hydrogens is 374 g/mol. The van der Waals surface area contributed by atoms with Crippen molar-refractivity contribution in [2.24, 2.45) is 7.05 Å². The predicted octanol–water partition coefficient (Wildman–Crippen LogP) is 3.50. The third-order valence-electron chi connectivity index (χ3n) is 6.44. The predicted molar refractivity (Wildman–Crippen MR) is 117 cm³/mol. The number of rotatable bonds is 4. The van der Waals surface area contributed by atoms with Crippen LogP contribution in [0, 0.1) is 6.92 Å². The molecule has 0 bridgehead atoms. The average molecular weight is 404 g/mol. The Labute approximate surface area is 177 Å². The highest BCUT2D eigenvalue weighted by Gasteiger charge is 2.32. The second-order valence-corrected chi connectivity index (χ2v) is 8.84. The second kappa shape index (κ2) is 7.51. The summed E-state index contributed by atoms with van der Waals surface area (Å²) in [5, 5.41) is 5.46. The van der Waals surface area contributed by atoms with Gasteiger partial charge >= 0.3 is 0 Å². The number of hydrogen-bond donors (Lipinski definition) is 0. The van der Waals surface area contributed by atoms with E-state index in [0.29, 0.717) is 5.92 Å². The van der Waals surface area contributed by atoms with Crippen molar-refractivity contribution < 1.29 is 4.79 Å². The minimum Gasteiger partial charge on any atom is -0.333 e. The van der Waals surface area contributed by atoms with Crippen LogP contribution in [0.3, 0.4) is 0 Å². The van der Waals surface area contributed by atoms with Gasteiger partial charge in [-0.3, -0.25) is 14.4 Å². The number of carbonyl (C=O) groups is 1. The van der Waals surface area contributed by atoms with Gasteiger partial charge in [-0.2, -0.15) is 5.10 Å². The van der Waals surface area contributed by atoms with E-state index in [1.807, 2.05) is 29.6 Å². The lowest BCUT2D eigenvalue weighted by Gasteiger charge is -2.40. The molecule has 1 saturated carbocycles. The Hall–Kier alpha value is -2.73. The van der Waals surface area contributed by atoms with E-state index in [9.17, 15) is 4.79 Å². The minimum atomic E-state index is 0.118. The van der Waals surface area contributed by atoms with Gasteiger partial charge in [-0.25, -0.2) is 4.98 Å². The normalized spacial score (nSPS) is 20.1. The quantitative estimate of drug-likeness (QED) is 0.669. The van der Waals surface area contributed by atoms with Crippen LogP contribution in [0.2, 0.25) is 0 Å². The second-order valence-electron chi connectivity index (χ2n) is 8.84. The fourth-order valence-corrected chi connectivity index (χ4v) is 4.70. The molecular formula is C24H29N5O. The molecule has 156 valence electrons. The van der Waals surface area contributed by atoms with Gasteiger partial charge in [0.25, 0.3) is 5.91 Å². The third-order valence-corrected chi connectivity index (χ3v) is 6.44. The first-order chi connectivity index (χ1) is 14.5. The van der Waals surface area contributed by atoms with Crippen molar-refractivity contribution in [3.05, 3.63) is 58.9 Å². The number of carbonyl (C=O) groups excluding carboxylic acids is 1. The monoisotopic (exact) mass is 403 g/mol. The highest BCUT2D eigenvalue weighted by molar-refractivity contribution is 6.06. The molecule has 3 heterocycles. The first kappa shape index (κ1) is 19.2. The van der Waals surface area contributed by atoms with Gasteiger partial charge in [0.05, 0.1) is 16.6 Å². The topological polar surface area (TPSA) is 54.3 Å². The molecule has 30 heavy (non-hydrogen) atoms. The maximum absolute atomic E-state index is 13.7. The highest BCUT2D eigenvalue weighted by atomic mass is 16.2. The lowest BCUT2D eigenvalue weighted by Crippen LogP contribution is -2.53. The summed E-state index contributed by atoms with van der Waals surface area (Å²) in [6, 6.07) is 12.8. The Morgan fingerprint density at radius 1 is 1.17 bits per heavy atom. The van der Waals surface area contributed by atoms with E-state index in [1.165, 1.54) is 5.56 Å². The highest BCUT2D eigenvalue weighted by Crippen LogP contribution is 2.40. The van der Waals surface area contributed by atoms with Crippen molar-refractivity contribution in [2.45, 2.75) is 45.2 Å². The first-order valence-electron chi connectivity index (χ1n) is 10.9. The molecule has 1 aliphatic heterocycles. The van der Waals surface area contributed by atoms with Crippen LogP contribution in [0.5, 0.6) is 0 Å². The lowest BCUT2D eigenvalue weighted by molar-refractivity contribution is 0.0477. The zero-order valence-corrected chi connectivity index (χ0v) is 18.0. The lowest BCUT2D eigenvalue weighted by atomic mass is 10.0. The molecule has 0 radical (unpaired) electrons. The van der Waals surface area contributed by atoms with E-state index in [2.05, 4.69) is 47.3 Å². The molecule has 2 aromatic heterocycles. The summed E-state index contributed by atoms with van der Waals surface area (Å²) in [5.74, 6) is 0.614. The number of pyridine rings is 1. The molecule has 1 saturated heterocycles. The number of piperazine rings is 1. The largest absolute Gasteiger partial charge is 0.333 e. The number of hydrogen-bond acceptors (Lipinski definition) is 4. The van der Waals surface area contributed by atoms with Crippen molar-refractivity contribution in [3.8, 4) is 0 Å². The van der Waals surface area contributed by atoms with E-state index < -0.39 is 0 Å². The van der Waals surface area contributed by atoms with Crippen LogP contribution >= 0.6 is 0 Å². The van der Waals surface area contributed by atoms with Gasteiger partial charge in [0.15, 0.2) is 5.65 Å². The molecule has 5 rings (SSSR count). The van der Waals surface area contributed by atoms with Crippen LogP contribution < -0.4 is 0 Å². The van der Waals surface area contributed by atoms with E-state index in [-0.39, 0.29) is 11.9 Å². The van der Waals surface area contributed by atoms with Crippen molar-refractivity contribution >= 4 is 16.9 Å². The zero-order chi connectivity index (χ0) is 20.8. The molecule has 6 heteroatoms. The Morgan fingerprint density at radius 3 is 2.63 bits per heavy atom. The molecule has 2 aliphatic rings. The van der Waals surface area contributed by atoms with Crippen LogP contribution in [0.1, 0.15) is 53.0 Å². The summed E-state index contributed by atoms with van der Waals surface area (Å²) >= 11 is 0. The van der Waals surface area contributed by atoms with Gasteiger partial charge in [0.2, 0.25) is 0 Å². The Bertz CT molecular complexity index is 1090. The van der Waals surface area contributed by atoms with Gasteiger partial charge in [-0.1, -0.05) is 30.3 Å². The van der Waals surface area contributed by atoms with Crippen LogP contribution in [-0.4, -0.2) is 56.1 Å². The molecule has 1 aliphatic carbocycles. The first-order valence-corrected chi connectivity index (χ1v) is 10.9. The van der Waals surface area contributed by atoms with Gasteiger partial charge in [-0.05, 0) is 38.3 Å². The number of aryl methyl sites for hydroxylation is 2. The van der Waals surface area contributed by atoms with E-state index >= 15 is 0 Å². The summed E-state index contributed by atoms with van der Waals surface area (Å²) in [4.78, 5) is 23.0. The summed E-state index contributed by atoms with van der Waals surface area (Å²) in [5.41, 5.74) is 4.84. The van der Waals surface area contributed by atoms with Crippen molar-refractivity contribution in [1.29, 1.82) is 0 Å². The fraction of sp³-hybridized carbons (Fsp3) is 0.458. The summed E-state index contributed by atoms with van der Waals surface area (Å²) in [7, 11) is 1.91. The average Bonchev–Trinajstić information content (AvgIpc) is 3.54. The van der Waals surface area contributed by atoms with Crippen LogP contribution in [0.25, 0.3) is 11.0 Å². The molecule has 2 fully saturated rings. The van der Waals surface area contributed by atoms with Crippen LogP contribution in [0.15, 0.2) is 36.4 Å². The van der Waals surface area contributed by atoms with E-state index in [0.717, 1.165) is 67.0 Å². The Balaban J connectivity index is 1.40. The number of aromatic nitrogens is 3. The van der Waals surface area contributed by atoms with Crippen LogP contribution in [0.4, 0.5) is 0 Å². The molecule has 1 aromatic carbocycles. The van der Waals surface area contributed by atoms with Gasteiger partial charge in [0, 0.05) is 50.9 Å². The Morgan fingerprint density at radius 2 is 1.93 bits per heavy atom. The molecule has 0 N–H and O–H groups in total. The van der Waals surface area contributed by atoms with E-state index in [1.54, 1.807) is 0 Å². The molecule has 1 unspecified atom stereocenters.